The molecule has 1 aromatic rings. The van der Waals surface area contributed by atoms with Crippen LogP contribution in [0.3, 0.4) is 0 Å². The number of rotatable bonds is 3. The van der Waals surface area contributed by atoms with Crippen molar-refractivity contribution < 1.29 is 18.3 Å². The minimum absolute atomic E-state index is 0.0244. The maximum atomic E-state index is 12.6. The summed E-state index contributed by atoms with van der Waals surface area (Å²) in [5.74, 6) is -1.58. The second kappa shape index (κ2) is 6.13. The number of aliphatic carboxylic acids is 1. The van der Waals surface area contributed by atoms with Crippen LogP contribution in [-0.2, 0) is 14.8 Å². The average molecular weight is 427 g/mol. The zero-order chi connectivity index (χ0) is 14.9. The lowest BCUT2D eigenvalue weighted by Crippen LogP contribution is -2.42. The molecule has 20 heavy (non-hydrogen) atoms. The number of piperidine rings is 1. The normalized spacial score (nSPS) is 20.8. The van der Waals surface area contributed by atoms with E-state index in [-0.39, 0.29) is 11.4 Å². The van der Waals surface area contributed by atoms with Crippen molar-refractivity contribution >= 4 is 47.9 Å². The second-order valence-electron chi connectivity index (χ2n) is 4.62. The predicted octanol–water partition coefficient (Wildman–Crippen LogP) is 2.70. The van der Waals surface area contributed by atoms with Gasteiger partial charge in [-0.1, -0.05) is 15.9 Å². The first kappa shape index (κ1) is 15.9. The highest BCUT2D eigenvalue weighted by Gasteiger charge is 2.34. The summed E-state index contributed by atoms with van der Waals surface area (Å²) < 4.78 is 27.6. The van der Waals surface area contributed by atoms with E-state index in [0.717, 1.165) is 0 Å². The molecule has 2 rings (SSSR count). The molecule has 1 fully saturated rings. The molecule has 1 aliphatic heterocycles. The molecule has 0 aromatic heterocycles. The molecule has 1 N–H and O–H groups in total. The number of hydrogen-bond donors (Lipinski definition) is 1. The Morgan fingerprint density at radius 3 is 2.70 bits per heavy atom. The Balaban J connectivity index is 2.35. The molecule has 0 aliphatic carbocycles. The van der Waals surface area contributed by atoms with E-state index in [4.69, 9.17) is 5.11 Å². The van der Waals surface area contributed by atoms with Gasteiger partial charge in [0.1, 0.15) is 0 Å². The van der Waals surface area contributed by atoms with Gasteiger partial charge >= 0.3 is 5.97 Å². The first-order valence-electron chi connectivity index (χ1n) is 6.00. The average Bonchev–Trinajstić information content (AvgIpc) is 2.41. The molecule has 1 aliphatic rings. The lowest BCUT2D eigenvalue weighted by Gasteiger charge is -2.30. The summed E-state index contributed by atoms with van der Waals surface area (Å²) in [6.07, 6.45) is 1.07. The van der Waals surface area contributed by atoms with Crippen molar-refractivity contribution in [2.75, 3.05) is 13.1 Å². The fourth-order valence-electron chi connectivity index (χ4n) is 2.18. The van der Waals surface area contributed by atoms with E-state index < -0.39 is 21.9 Å². The molecule has 0 saturated carbocycles. The van der Waals surface area contributed by atoms with Gasteiger partial charge in [0.15, 0.2) is 0 Å². The third kappa shape index (κ3) is 3.24. The molecule has 5 nitrogen and oxygen atoms in total. The Kier molecular flexibility index (Phi) is 4.88. The smallest absolute Gasteiger partial charge is 0.307 e. The third-order valence-electron chi connectivity index (χ3n) is 3.24. The molecule has 1 aromatic carbocycles. The molecular weight excluding hydrogens is 414 g/mol. The van der Waals surface area contributed by atoms with Crippen LogP contribution in [0.5, 0.6) is 0 Å². The van der Waals surface area contributed by atoms with Crippen molar-refractivity contribution in [1.29, 1.82) is 0 Å². The second-order valence-corrected chi connectivity index (χ2v) is 8.29. The summed E-state index contributed by atoms with van der Waals surface area (Å²) in [6, 6.07) is 4.90. The van der Waals surface area contributed by atoms with Gasteiger partial charge in [-0.25, -0.2) is 8.42 Å². The Labute approximate surface area is 134 Å². The molecule has 0 spiro atoms. The zero-order valence-electron chi connectivity index (χ0n) is 10.4. The standard InChI is InChI=1S/C12H13Br2NO4S/c13-9-3-4-10(14)11(6-9)20(18,19)15-5-1-2-8(7-15)12(16)17/h3-4,6,8H,1-2,5,7H2,(H,16,17)/t8-/m1/s1. The quantitative estimate of drug-likeness (QED) is 0.806. The van der Waals surface area contributed by atoms with Gasteiger partial charge < -0.3 is 5.11 Å². The van der Waals surface area contributed by atoms with Gasteiger partial charge in [0.05, 0.1) is 10.8 Å². The number of carboxylic acid groups (broad SMARTS) is 1. The minimum atomic E-state index is -3.69. The Bertz CT molecular complexity index is 632. The molecule has 8 heteroatoms. The van der Waals surface area contributed by atoms with Crippen LogP contribution < -0.4 is 0 Å². The van der Waals surface area contributed by atoms with Crippen molar-refractivity contribution in [1.82, 2.24) is 4.31 Å². The number of benzene rings is 1. The predicted molar refractivity (Wildman–Crippen MR) is 81.0 cm³/mol. The van der Waals surface area contributed by atoms with E-state index >= 15 is 0 Å². The monoisotopic (exact) mass is 425 g/mol. The zero-order valence-corrected chi connectivity index (χ0v) is 14.4. The van der Waals surface area contributed by atoms with Crippen molar-refractivity contribution in [3.05, 3.63) is 27.1 Å². The molecule has 1 saturated heterocycles. The maximum absolute atomic E-state index is 12.6. The number of carbonyl (C=O) groups is 1. The van der Waals surface area contributed by atoms with Crippen molar-refractivity contribution in [2.24, 2.45) is 5.92 Å². The van der Waals surface area contributed by atoms with Crippen LogP contribution in [0.15, 0.2) is 32.0 Å². The van der Waals surface area contributed by atoms with Crippen LogP contribution in [0.1, 0.15) is 12.8 Å². The number of sulfonamides is 1. The Hall–Kier alpha value is -0.440. The molecular formula is C12H13Br2NO4S. The van der Waals surface area contributed by atoms with Crippen molar-refractivity contribution in [3.8, 4) is 0 Å². The number of halogens is 2. The van der Waals surface area contributed by atoms with Crippen LogP contribution >= 0.6 is 31.9 Å². The first-order chi connectivity index (χ1) is 9.32. The van der Waals surface area contributed by atoms with Gasteiger partial charge in [-0.15, -0.1) is 0 Å². The SMILES string of the molecule is O=C(O)[C@@H]1CCCN(S(=O)(=O)c2cc(Br)ccc2Br)C1. The summed E-state index contributed by atoms with van der Waals surface area (Å²) in [7, 11) is -3.69. The molecule has 0 radical (unpaired) electrons. The van der Waals surface area contributed by atoms with Crippen molar-refractivity contribution in [2.45, 2.75) is 17.7 Å². The van der Waals surface area contributed by atoms with Crippen LogP contribution in [0.25, 0.3) is 0 Å². The summed E-state index contributed by atoms with van der Waals surface area (Å²) in [4.78, 5) is 11.2. The molecule has 0 unspecified atom stereocenters. The largest absolute Gasteiger partial charge is 0.481 e. The summed E-state index contributed by atoms with van der Waals surface area (Å²) in [5.41, 5.74) is 0. The van der Waals surface area contributed by atoms with Crippen LogP contribution in [0.2, 0.25) is 0 Å². The van der Waals surface area contributed by atoms with Crippen LogP contribution in [-0.4, -0.2) is 36.9 Å². The maximum Gasteiger partial charge on any atom is 0.307 e. The van der Waals surface area contributed by atoms with Gasteiger partial charge in [-0.05, 0) is 47.0 Å². The van der Waals surface area contributed by atoms with E-state index in [1.807, 2.05) is 0 Å². The highest BCUT2D eigenvalue weighted by Crippen LogP contribution is 2.30. The lowest BCUT2D eigenvalue weighted by atomic mass is 10.0. The summed E-state index contributed by atoms with van der Waals surface area (Å²) in [6.45, 7) is 0.377. The fraction of sp³-hybridized carbons (Fsp3) is 0.417. The van der Waals surface area contributed by atoms with E-state index in [0.29, 0.717) is 28.3 Å². The summed E-state index contributed by atoms with van der Waals surface area (Å²) >= 11 is 6.48. The highest BCUT2D eigenvalue weighted by molar-refractivity contribution is 9.11. The van der Waals surface area contributed by atoms with Crippen LogP contribution in [0, 0.1) is 5.92 Å². The van der Waals surface area contributed by atoms with Gasteiger partial charge in [0.25, 0.3) is 0 Å². The summed E-state index contributed by atoms with van der Waals surface area (Å²) in [5, 5.41) is 9.05. The van der Waals surface area contributed by atoms with Gasteiger partial charge in [0.2, 0.25) is 10.0 Å². The fourth-order valence-corrected chi connectivity index (χ4v) is 5.16. The minimum Gasteiger partial charge on any atom is -0.481 e. The van der Waals surface area contributed by atoms with E-state index in [9.17, 15) is 13.2 Å². The highest BCUT2D eigenvalue weighted by atomic mass is 79.9. The Morgan fingerprint density at radius 2 is 2.05 bits per heavy atom. The van der Waals surface area contributed by atoms with E-state index in [2.05, 4.69) is 31.9 Å². The number of nitrogens with zero attached hydrogens (tertiary/aromatic N) is 1. The topological polar surface area (TPSA) is 74.7 Å². The van der Waals surface area contributed by atoms with E-state index in [1.165, 1.54) is 10.4 Å². The lowest BCUT2D eigenvalue weighted by molar-refractivity contribution is -0.142. The molecule has 1 atom stereocenters. The number of hydrogen-bond acceptors (Lipinski definition) is 3. The molecule has 0 bridgehead atoms. The van der Waals surface area contributed by atoms with E-state index in [1.54, 1.807) is 12.1 Å². The van der Waals surface area contributed by atoms with Gasteiger partial charge in [-0.2, -0.15) is 4.31 Å². The molecule has 110 valence electrons. The Morgan fingerprint density at radius 1 is 1.35 bits per heavy atom. The first-order valence-corrected chi connectivity index (χ1v) is 9.03. The third-order valence-corrected chi connectivity index (χ3v) is 6.60. The van der Waals surface area contributed by atoms with Crippen LogP contribution in [0.4, 0.5) is 0 Å². The van der Waals surface area contributed by atoms with Gasteiger partial charge in [0, 0.05) is 22.0 Å². The molecule has 1 heterocycles. The number of carboxylic acids is 1. The molecule has 0 amide bonds. The van der Waals surface area contributed by atoms with Crippen molar-refractivity contribution in [3.63, 3.8) is 0 Å². The van der Waals surface area contributed by atoms with Gasteiger partial charge in [-0.3, -0.25) is 4.79 Å².